The van der Waals surface area contributed by atoms with Crippen molar-refractivity contribution in [2.24, 2.45) is 0 Å². The van der Waals surface area contributed by atoms with Gasteiger partial charge in [0.15, 0.2) is 0 Å². The van der Waals surface area contributed by atoms with Crippen molar-refractivity contribution in [2.45, 2.75) is 0 Å². The maximum absolute atomic E-state index is 8.65. The van der Waals surface area contributed by atoms with Gasteiger partial charge in [-0.1, -0.05) is 6.07 Å². The Morgan fingerprint density at radius 3 is 1.67 bits per heavy atom. The molecule has 0 radical (unpaired) electrons. The predicted octanol–water partition coefficient (Wildman–Crippen LogP) is 1.10. The molecule has 0 aliphatic rings. The van der Waals surface area contributed by atoms with Gasteiger partial charge in [0.1, 0.15) is 11.5 Å². The summed E-state index contributed by atoms with van der Waals surface area (Å²) in [5.41, 5.74) is 0. The zero-order chi connectivity index (χ0) is 5.98. The number of hydrogen-bond donors (Lipinski definition) is 2. The van der Waals surface area contributed by atoms with E-state index in [4.69, 9.17) is 10.2 Å². The van der Waals surface area contributed by atoms with Crippen molar-refractivity contribution in [1.82, 2.24) is 0 Å². The van der Waals surface area contributed by atoms with Gasteiger partial charge >= 0.3 is 22.4 Å². The fourth-order valence-electron chi connectivity index (χ4n) is 0.493. The average Bonchev–Trinajstić information content (AvgIpc) is 1.64. The van der Waals surface area contributed by atoms with E-state index in [2.05, 4.69) is 0 Å². The summed E-state index contributed by atoms with van der Waals surface area (Å²) in [7, 11) is 0. The third-order valence-electron chi connectivity index (χ3n) is 0.830. The van der Waals surface area contributed by atoms with Crippen LogP contribution in [0.15, 0.2) is 24.3 Å². The second-order valence-corrected chi connectivity index (χ2v) is 1.52. The van der Waals surface area contributed by atoms with Crippen LogP contribution >= 0.6 is 0 Å². The molecule has 2 nitrogen and oxygen atoms in total. The standard InChI is InChI=1S/C6H6O2.Ag/c7-5-2-1-3-6(8)4-5;/h1-4,7-8H;/q;+1. The summed E-state index contributed by atoms with van der Waals surface area (Å²) < 4.78 is 0. The Morgan fingerprint density at radius 1 is 1.00 bits per heavy atom. The summed E-state index contributed by atoms with van der Waals surface area (Å²) >= 11 is 0. The maximum Gasteiger partial charge on any atom is 1.00 e. The predicted molar refractivity (Wildman–Crippen MR) is 29.8 cm³/mol. The molecule has 0 saturated heterocycles. The van der Waals surface area contributed by atoms with Crippen molar-refractivity contribution in [3.05, 3.63) is 24.3 Å². The van der Waals surface area contributed by atoms with Gasteiger partial charge in [0.2, 0.25) is 0 Å². The first-order valence-corrected chi connectivity index (χ1v) is 2.27. The van der Waals surface area contributed by atoms with Gasteiger partial charge in [-0.25, -0.2) is 0 Å². The quantitative estimate of drug-likeness (QED) is 0.640. The van der Waals surface area contributed by atoms with Crippen LogP contribution in [0, 0.1) is 0 Å². The Kier molecular flexibility index (Phi) is 3.39. The number of rotatable bonds is 0. The minimum Gasteiger partial charge on any atom is -0.508 e. The van der Waals surface area contributed by atoms with E-state index in [1.54, 1.807) is 6.07 Å². The fourth-order valence-corrected chi connectivity index (χ4v) is 0.493. The van der Waals surface area contributed by atoms with E-state index < -0.39 is 0 Å². The number of phenols is 2. The Balaban J connectivity index is 0.000000640. The number of aromatic hydroxyl groups is 2. The Bertz CT molecular complexity index is 171. The SMILES string of the molecule is Oc1cccc(O)c1.[Ag+]. The van der Waals surface area contributed by atoms with Crippen molar-refractivity contribution in [2.75, 3.05) is 0 Å². The van der Waals surface area contributed by atoms with E-state index in [0.29, 0.717) is 0 Å². The smallest absolute Gasteiger partial charge is 0.508 e. The van der Waals surface area contributed by atoms with Crippen LogP contribution in [-0.4, -0.2) is 10.2 Å². The Labute approximate surface area is 68.7 Å². The van der Waals surface area contributed by atoms with Crippen LogP contribution in [0.2, 0.25) is 0 Å². The minimum absolute atomic E-state index is 0. The van der Waals surface area contributed by atoms with Gasteiger partial charge in [-0.3, -0.25) is 0 Å². The zero-order valence-corrected chi connectivity index (χ0v) is 5.99. The molecule has 0 heterocycles. The Hall–Kier alpha value is -0.440. The molecule has 1 aromatic carbocycles. The molecular formula is C6H6AgO2+. The van der Waals surface area contributed by atoms with Crippen LogP contribution in [0.3, 0.4) is 0 Å². The molecule has 1 aromatic rings. The maximum atomic E-state index is 8.65. The first-order valence-electron chi connectivity index (χ1n) is 2.27. The van der Waals surface area contributed by atoms with E-state index >= 15 is 0 Å². The summed E-state index contributed by atoms with van der Waals surface area (Å²) in [6, 6.07) is 5.85. The van der Waals surface area contributed by atoms with Gasteiger partial charge < -0.3 is 10.2 Å². The molecule has 0 aliphatic heterocycles. The molecule has 0 amide bonds. The summed E-state index contributed by atoms with van der Waals surface area (Å²) in [4.78, 5) is 0. The van der Waals surface area contributed by atoms with E-state index in [1.165, 1.54) is 18.2 Å². The van der Waals surface area contributed by atoms with Crippen LogP contribution < -0.4 is 0 Å². The van der Waals surface area contributed by atoms with Gasteiger partial charge in [0, 0.05) is 6.07 Å². The number of hydrogen-bond acceptors (Lipinski definition) is 2. The van der Waals surface area contributed by atoms with Crippen molar-refractivity contribution < 1.29 is 32.6 Å². The molecular weight excluding hydrogens is 212 g/mol. The normalized spacial score (nSPS) is 8.00. The molecule has 9 heavy (non-hydrogen) atoms. The van der Waals surface area contributed by atoms with Crippen molar-refractivity contribution in [3.8, 4) is 11.5 Å². The largest absolute Gasteiger partial charge is 1.00 e. The first kappa shape index (κ1) is 8.56. The third-order valence-corrected chi connectivity index (χ3v) is 0.830. The molecule has 0 atom stereocenters. The summed E-state index contributed by atoms with van der Waals surface area (Å²) in [5.74, 6) is 0.176. The molecule has 0 fully saturated rings. The van der Waals surface area contributed by atoms with Crippen LogP contribution in [0.25, 0.3) is 0 Å². The van der Waals surface area contributed by atoms with Crippen LogP contribution in [-0.2, 0) is 22.4 Å². The zero-order valence-electron chi connectivity index (χ0n) is 4.51. The topological polar surface area (TPSA) is 40.5 Å². The monoisotopic (exact) mass is 217 g/mol. The molecule has 2 N–H and O–H groups in total. The van der Waals surface area contributed by atoms with Gasteiger partial charge in [0.05, 0.1) is 0 Å². The van der Waals surface area contributed by atoms with Gasteiger partial charge in [-0.15, -0.1) is 0 Å². The summed E-state index contributed by atoms with van der Waals surface area (Å²) in [5, 5.41) is 17.3. The molecule has 1 rings (SSSR count). The van der Waals surface area contributed by atoms with Gasteiger partial charge in [0.25, 0.3) is 0 Å². The number of phenolic OH excluding ortho intramolecular Hbond substituents is 2. The summed E-state index contributed by atoms with van der Waals surface area (Å²) in [6.07, 6.45) is 0. The molecule has 0 aromatic heterocycles. The second kappa shape index (κ2) is 3.56. The third kappa shape index (κ3) is 2.56. The van der Waals surface area contributed by atoms with E-state index in [9.17, 15) is 0 Å². The molecule has 52 valence electrons. The van der Waals surface area contributed by atoms with E-state index in [1.807, 2.05) is 0 Å². The first-order chi connectivity index (χ1) is 3.79. The van der Waals surface area contributed by atoms with Gasteiger partial charge in [-0.2, -0.15) is 0 Å². The van der Waals surface area contributed by atoms with Crippen LogP contribution in [0.5, 0.6) is 11.5 Å². The Morgan fingerprint density at radius 2 is 1.44 bits per heavy atom. The van der Waals surface area contributed by atoms with E-state index in [0.717, 1.165) is 0 Å². The van der Waals surface area contributed by atoms with E-state index in [-0.39, 0.29) is 33.9 Å². The van der Waals surface area contributed by atoms with Crippen LogP contribution in [0.4, 0.5) is 0 Å². The fraction of sp³-hybridized carbons (Fsp3) is 0. The molecule has 0 unspecified atom stereocenters. The molecule has 0 saturated carbocycles. The van der Waals surface area contributed by atoms with Gasteiger partial charge in [-0.05, 0) is 12.1 Å². The minimum atomic E-state index is 0. The molecule has 0 aliphatic carbocycles. The number of benzene rings is 1. The molecule has 3 heteroatoms. The van der Waals surface area contributed by atoms with Crippen LogP contribution in [0.1, 0.15) is 0 Å². The average molecular weight is 218 g/mol. The second-order valence-electron chi connectivity index (χ2n) is 1.52. The molecule has 0 bridgehead atoms. The van der Waals surface area contributed by atoms with Crippen molar-refractivity contribution >= 4 is 0 Å². The molecule has 0 spiro atoms. The van der Waals surface area contributed by atoms with Crippen molar-refractivity contribution in [1.29, 1.82) is 0 Å². The summed E-state index contributed by atoms with van der Waals surface area (Å²) in [6.45, 7) is 0. The van der Waals surface area contributed by atoms with Crippen molar-refractivity contribution in [3.63, 3.8) is 0 Å².